The first-order valence-corrected chi connectivity index (χ1v) is 21.3. The van der Waals surface area contributed by atoms with Crippen molar-refractivity contribution in [1.82, 2.24) is 24.8 Å². The van der Waals surface area contributed by atoms with Gasteiger partial charge in [0, 0.05) is 23.7 Å². The quantitative estimate of drug-likeness (QED) is 0.138. The van der Waals surface area contributed by atoms with Crippen LogP contribution in [0.5, 0.6) is 0 Å². The molecule has 2 aromatic heterocycles. The molecule has 0 bridgehead atoms. The second-order valence-electron chi connectivity index (χ2n) is 16.4. The van der Waals surface area contributed by atoms with E-state index in [1.165, 1.54) is 0 Å². The van der Waals surface area contributed by atoms with Gasteiger partial charge in [-0.2, -0.15) is 4.79 Å². The maximum Gasteiger partial charge on any atom is 0.514 e. The summed E-state index contributed by atoms with van der Waals surface area (Å²) < 4.78 is 5.57. The van der Waals surface area contributed by atoms with E-state index >= 15 is 0 Å². The number of carbonyl (C=O) groups excluding carboxylic acids is 1. The zero-order valence-corrected chi connectivity index (χ0v) is 32.5. The van der Waals surface area contributed by atoms with Crippen LogP contribution in [0.25, 0.3) is 33.6 Å². The molecule has 0 radical (unpaired) electrons. The van der Waals surface area contributed by atoms with E-state index in [1.54, 1.807) is 4.90 Å². The molecule has 0 saturated carbocycles. The summed E-state index contributed by atoms with van der Waals surface area (Å²) in [5.74, 6) is 1.28. The monoisotopic (exact) mass is 737 g/mol. The fourth-order valence-electron chi connectivity index (χ4n) is 7.69. The molecule has 4 heterocycles. The van der Waals surface area contributed by atoms with Crippen LogP contribution in [0, 0.1) is 0 Å². The first kappa shape index (κ1) is 36.2. The van der Waals surface area contributed by atoms with Crippen LogP contribution in [0.4, 0.5) is 9.59 Å². The van der Waals surface area contributed by atoms with Crippen LogP contribution < -0.4 is 0 Å². The number of hydrogen-bond acceptors (Lipinski definition) is 5. The van der Waals surface area contributed by atoms with Crippen molar-refractivity contribution < 1.29 is 23.9 Å². The smallest absolute Gasteiger partial charge is 0.444 e. The van der Waals surface area contributed by atoms with Gasteiger partial charge in [-0.3, -0.25) is 4.90 Å². The van der Waals surface area contributed by atoms with E-state index in [-0.39, 0.29) is 22.7 Å². The number of amides is 2. The van der Waals surface area contributed by atoms with Crippen LogP contribution in [0.1, 0.15) is 78.1 Å². The number of carboxylic acid groups (broad SMARTS) is 1. The first-order chi connectivity index (χ1) is 23.3. The van der Waals surface area contributed by atoms with Gasteiger partial charge in [-0.25, -0.2) is 19.2 Å². The highest BCUT2D eigenvalue weighted by molar-refractivity contribution is 6.78. The molecule has 50 heavy (non-hydrogen) atoms. The van der Waals surface area contributed by atoms with E-state index in [1.807, 2.05) is 90.1 Å². The summed E-state index contributed by atoms with van der Waals surface area (Å²) >= 11 is 13.4. The highest BCUT2D eigenvalue weighted by Gasteiger charge is 2.63. The fraction of sp³-hybridized carbons (Fsp3) is 0.459. The van der Waals surface area contributed by atoms with Gasteiger partial charge >= 0.3 is 12.2 Å². The molecule has 2 fully saturated rings. The number of likely N-dealkylation sites (tertiary alicyclic amines) is 1. The minimum Gasteiger partial charge on any atom is -0.444 e. The number of aromatic amines is 2. The van der Waals surface area contributed by atoms with Crippen molar-refractivity contribution in [2.75, 3.05) is 12.7 Å². The zero-order chi connectivity index (χ0) is 36.4. The number of rotatable bonds is 5. The van der Waals surface area contributed by atoms with Crippen molar-refractivity contribution in [2.24, 2.45) is 0 Å². The number of nitrogens with zero attached hydrogens (tertiary/aromatic N) is 4. The number of nitrogens with one attached hydrogen (secondary N) is 2. The molecule has 0 spiro atoms. The fourth-order valence-corrected chi connectivity index (χ4v) is 12.1. The Morgan fingerprint density at radius 2 is 1.34 bits per heavy atom. The topological polar surface area (TPSA) is 124 Å². The van der Waals surface area contributed by atoms with Gasteiger partial charge in [0.2, 0.25) is 0 Å². The molecule has 2 amide bonds. The Labute approximate surface area is 304 Å². The lowest BCUT2D eigenvalue weighted by atomic mass is 9.99. The largest absolute Gasteiger partial charge is 0.514 e. The van der Waals surface area contributed by atoms with Crippen LogP contribution in [0.2, 0.25) is 29.4 Å². The molecule has 10 nitrogen and oxygen atoms in total. The second-order valence-corrected chi connectivity index (χ2v) is 22.2. The molecule has 0 aliphatic carbocycles. The number of halogens is 2. The summed E-state index contributed by atoms with van der Waals surface area (Å²) in [6, 6.07) is 16.3. The number of H-pyrrole nitrogens is 2. The third-order valence-corrected chi connectivity index (χ3v) is 13.4. The first-order valence-electron chi connectivity index (χ1n) is 17.1. The van der Waals surface area contributed by atoms with Gasteiger partial charge in [0.25, 0.3) is 0 Å². The number of carbonyl (C=O) groups is 2. The Morgan fingerprint density at radius 3 is 1.82 bits per heavy atom. The Kier molecular flexibility index (Phi) is 9.29. The molecule has 13 heteroatoms. The number of aromatic nitrogens is 4. The van der Waals surface area contributed by atoms with Crippen LogP contribution in [0.3, 0.4) is 0 Å². The van der Waals surface area contributed by atoms with E-state index in [9.17, 15) is 14.7 Å². The summed E-state index contributed by atoms with van der Waals surface area (Å²) in [6.07, 6.45) is 1.11. The third-order valence-electron chi connectivity index (χ3n) is 10.0. The lowest BCUT2D eigenvalue weighted by Crippen LogP contribution is -2.64. The minimum atomic E-state index is -1.82. The van der Waals surface area contributed by atoms with E-state index in [4.69, 9.17) is 37.9 Å². The van der Waals surface area contributed by atoms with Crippen molar-refractivity contribution in [3.8, 4) is 33.6 Å². The van der Waals surface area contributed by atoms with Crippen LogP contribution in [0.15, 0.2) is 48.5 Å². The molecule has 2 aliphatic rings. The van der Waals surface area contributed by atoms with Gasteiger partial charge in [-0.05, 0) is 65.5 Å². The Morgan fingerprint density at radius 1 is 0.860 bits per heavy atom. The van der Waals surface area contributed by atoms with Gasteiger partial charge in [0.05, 0.1) is 12.2 Å². The summed E-state index contributed by atoms with van der Waals surface area (Å²) in [5, 5.41) is 11.4. The van der Waals surface area contributed by atoms with Gasteiger partial charge in [-0.15, -0.1) is 0 Å². The van der Waals surface area contributed by atoms with Crippen molar-refractivity contribution in [3.63, 3.8) is 0 Å². The molecule has 3 atom stereocenters. The summed E-state index contributed by atoms with van der Waals surface area (Å²) in [5.41, 5.74) is 3.89. The Bertz CT molecular complexity index is 1910. The molecular formula is C37H47Cl2N6O4Si+. The molecular weight excluding hydrogens is 691 g/mol. The maximum absolute atomic E-state index is 12.9. The molecule has 266 valence electrons. The third kappa shape index (κ3) is 6.72. The Balaban J connectivity index is 1.20. The molecule has 4 aromatic rings. The van der Waals surface area contributed by atoms with Gasteiger partial charge < -0.3 is 19.8 Å². The average molecular weight is 739 g/mol. The van der Waals surface area contributed by atoms with Crippen molar-refractivity contribution in [2.45, 2.75) is 96.7 Å². The number of benzene rings is 2. The summed E-state index contributed by atoms with van der Waals surface area (Å²) in [7, 11) is -1.82. The molecule has 3 unspecified atom stereocenters. The van der Waals surface area contributed by atoms with Gasteiger partial charge in [-0.1, -0.05) is 84.8 Å². The number of hydrogen-bond donors (Lipinski definition) is 3. The van der Waals surface area contributed by atoms with E-state index in [0.29, 0.717) is 46.1 Å². The highest BCUT2D eigenvalue weighted by Crippen LogP contribution is 2.49. The van der Waals surface area contributed by atoms with Crippen molar-refractivity contribution in [1.29, 1.82) is 0 Å². The van der Waals surface area contributed by atoms with Crippen LogP contribution in [-0.4, -0.2) is 78.5 Å². The summed E-state index contributed by atoms with van der Waals surface area (Å²) in [4.78, 5) is 43.7. The van der Waals surface area contributed by atoms with E-state index in [2.05, 4.69) is 23.1 Å². The normalized spacial score (nSPS) is 22.2. The molecule has 3 N–H and O–H groups in total. The average Bonchev–Trinajstić information content (AvgIpc) is 3.80. The highest BCUT2D eigenvalue weighted by atomic mass is 35.5. The molecule has 2 aliphatic heterocycles. The van der Waals surface area contributed by atoms with Crippen LogP contribution >= 0.6 is 23.2 Å². The van der Waals surface area contributed by atoms with Crippen molar-refractivity contribution >= 4 is 43.5 Å². The van der Waals surface area contributed by atoms with E-state index < -0.39 is 25.3 Å². The molecule has 6 rings (SSSR count). The molecule has 2 saturated heterocycles. The standard InChI is InChI=1S/C37H46Cl2N6O4Si/c1-36(2,3)45(35(47)48)21-50(7,8)20-27(45)33-41-29(31(39)43-33)25-17-13-23(14-18-25)22-11-15-24(16-12-22)28-30(38)42-32(40-28)26-10-9-19-44(26)34(46)49-37(4,5)6/h11-18,26-27H,9-10,19-21H2,1-8H3,(H2-,40,41,42,43,47,48)/p+1. The van der Waals surface area contributed by atoms with Crippen molar-refractivity contribution in [3.05, 3.63) is 70.5 Å². The number of ether oxygens (including phenoxy) is 1. The Hall–Kier alpha value is -3.64. The minimum absolute atomic E-state index is 0.0552. The predicted octanol–water partition coefficient (Wildman–Crippen LogP) is 10.1. The maximum atomic E-state index is 12.9. The predicted molar refractivity (Wildman–Crippen MR) is 200 cm³/mol. The second kappa shape index (κ2) is 12.8. The lowest BCUT2D eigenvalue weighted by molar-refractivity contribution is -0.916. The summed E-state index contributed by atoms with van der Waals surface area (Å²) in [6.45, 7) is 16.7. The van der Waals surface area contributed by atoms with Crippen LogP contribution in [-0.2, 0) is 4.74 Å². The van der Waals surface area contributed by atoms with Gasteiger partial charge in [0.1, 0.15) is 46.7 Å². The number of imidazole rings is 2. The van der Waals surface area contributed by atoms with E-state index in [0.717, 1.165) is 41.1 Å². The van der Waals surface area contributed by atoms with Gasteiger partial charge in [0.15, 0.2) is 11.9 Å². The lowest BCUT2D eigenvalue weighted by Gasteiger charge is -2.44. The number of quaternary nitrogens is 1. The SMILES string of the molecule is CC(C)(C)OC(=O)N1CCCC1c1nc(-c2ccc(-c3ccc(-c4nc(C5C[Si](C)(C)C[N+]5(C(=O)O)C(C)(C)C)[nH]c4Cl)cc3)cc2)c(Cl)[nH]1. The zero-order valence-electron chi connectivity index (χ0n) is 30.0. The molecule has 2 aromatic carbocycles.